The molecule has 2 fully saturated rings. The number of carbonyl (C=O) groups excluding carboxylic acids is 2. The molecule has 1 aliphatic carbocycles. The molecular weight excluding hydrogens is 387 g/mol. The van der Waals surface area contributed by atoms with Crippen LogP contribution in [-0.2, 0) is 9.59 Å². The Morgan fingerprint density at radius 3 is 2.69 bits per heavy atom. The van der Waals surface area contributed by atoms with Gasteiger partial charge in [-0.05, 0) is 49.6 Å². The number of amides is 2. The molecule has 1 saturated carbocycles. The number of rotatable bonds is 4. The molecule has 0 spiro atoms. The van der Waals surface area contributed by atoms with Gasteiger partial charge in [-0.15, -0.1) is 11.8 Å². The van der Waals surface area contributed by atoms with Crippen LogP contribution in [0.15, 0.2) is 42.5 Å². The van der Waals surface area contributed by atoms with E-state index in [1.54, 1.807) is 24.0 Å². The van der Waals surface area contributed by atoms with Gasteiger partial charge in [-0.1, -0.05) is 37.5 Å². The summed E-state index contributed by atoms with van der Waals surface area (Å²) >= 11 is 1.52. The molecule has 0 unspecified atom stereocenters. The highest BCUT2D eigenvalue weighted by molar-refractivity contribution is 8.00. The van der Waals surface area contributed by atoms with Crippen molar-refractivity contribution < 1.29 is 14.0 Å². The second kappa shape index (κ2) is 8.57. The lowest BCUT2D eigenvalue weighted by atomic mass is 9.88. The Kier molecular flexibility index (Phi) is 5.90. The molecule has 2 aromatic carbocycles. The van der Waals surface area contributed by atoms with Crippen molar-refractivity contribution in [2.45, 2.75) is 44.4 Å². The van der Waals surface area contributed by atoms with Crippen molar-refractivity contribution in [3.63, 3.8) is 0 Å². The predicted octanol–water partition coefficient (Wildman–Crippen LogP) is 5.43. The van der Waals surface area contributed by atoms with Gasteiger partial charge in [0.05, 0.1) is 11.4 Å². The number of benzene rings is 2. The summed E-state index contributed by atoms with van der Waals surface area (Å²) in [4.78, 5) is 26.9. The Bertz CT molecular complexity index is 927. The molecule has 152 valence electrons. The molecule has 2 amide bonds. The Balaban J connectivity index is 1.57. The molecule has 4 nitrogen and oxygen atoms in total. The summed E-state index contributed by atoms with van der Waals surface area (Å²) in [5.74, 6) is 0.153. The van der Waals surface area contributed by atoms with E-state index in [4.69, 9.17) is 0 Å². The molecule has 4 rings (SSSR count). The van der Waals surface area contributed by atoms with E-state index in [9.17, 15) is 14.0 Å². The number of anilines is 2. The smallest absolute Gasteiger partial charge is 0.238 e. The molecule has 2 aromatic rings. The first-order valence-corrected chi connectivity index (χ1v) is 11.2. The van der Waals surface area contributed by atoms with Gasteiger partial charge in [0, 0.05) is 17.2 Å². The summed E-state index contributed by atoms with van der Waals surface area (Å²) in [6, 6.07) is 12.5. The van der Waals surface area contributed by atoms with E-state index in [2.05, 4.69) is 5.32 Å². The summed E-state index contributed by atoms with van der Waals surface area (Å²) in [7, 11) is 0. The SMILES string of the molecule is Cc1c(F)cccc1N1C(=O)CS[C@@H]1c1cccc(NC(=O)C2CCCCC2)c1. The third-order valence-corrected chi connectivity index (χ3v) is 6.99. The van der Waals surface area contributed by atoms with Gasteiger partial charge in [-0.2, -0.15) is 0 Å². The van der Waals surface area contributed by atoms with Crippen molar-refractivity contribution in [2.75, 3.05) is 16.0 Å². The standard InChI is InChI=1S/C23H25FN2O2S/c1-15-19(24)11-6-12-20(15)26-21(27)14-29-23(26)17-9-5-10-18(13-17)25-22(28)16-7-3-2-4-8-16/h5-6,9-13,16,23H,2-4,7-8,14H2,1H3,(H,25,28)/t23-/m1/s1. The van der Waals surface area contributed by atoms with Crippen molar-refractivity contribution in [1.29, 1.82) is 0 Å². The lowest BCUT2D eigenvalue weighted by Gasteiger charge is -2.26. The van der Waals surface area contributed by atoms with E-state index in [0.717, 1.165) is 36.9 Å². The third kappa shape index (κ3) is 4.17. The van der Waals surface area contributed by atoms with Crippen LogP contribution in [-0.4, -0.2) is 17.6 Å². The van der Waals surface area contributed by atoms with Gasteiger partial charge in [0.15, 0.2) is 0 Å². The number of halogens is 1. The van der Waals surface area contributed by atoms with Gasteiger partial charge in [0.25, 0.3) is 0 Å². The zero-order valence-electron chi connectivity index (χ0n) is 16.5. The van der Waals surface area contributed by atoms with Crippen LogP contribution < -0.4 is 10.2 Å². The van der Waals surface area contributed by atoms with E-state index in [1.807, 2.05) is 24.3 Å². The molecule has 1 heterocycles. The quantitative estimate of drug-likeness (QED) is 0.728. The monoisotopic (exact) mass is 412 g/mol. The molecule has 1 saturated heterocycles. The van der Waals surface area contributed by atoms with Gasteiger partial charge < -0.3 is 5.32 Å². The second-order valence-electron chi connectivity index (χ2n) is 7.76. The lowest BCUT2D eigenvalue weighted by molar-refractivity contribution is -0.120. The highest BCUT2D eigenvalue weighted by Gasteiger charge is 2.35. The Hall–Kier alpha value is -2.34. The molecule has 1 aliphatic heterocycles. The van der Waals surface area contributed by atoms with Gasteiger partial charge in [-0.3, -0.25) is 14.5 Å². The minimum atomic E-state index is -0.320. The van der Waals surface area contributed by atoms with Crippen molar-refractivity contribution in [1.82, 2.24) is 0 Å². The van der Waals surface area contributed by atoms with Gasteiger partial charge >= 0.3 is 0 Å². The minimum Gasteiger partial charge on any atom is -0.326 e. The van der Waals surface area contributed by atoms with Crippen molar-refractivity contribution in [3.05, 3.63) is 59.4 Å². The maximum Gasteiger partial charge on any atom is 0.238 e. The molecule has 1 atom stereocenters. The normalized spacial score (nSPS) is 20.1. The average molecular weight is 413 g/mol. The first-order valence-electron chi connectivity index (χ1n) is 10.1. The van der Waals surface area contributed by atoms with Crippen LogP contribution in [0.5, 0.6) is 0 Å². The number of hydrogen-bond acceptors (Lipinski definition) is 3. The van der Waals surface area contributed by atoms with E-state index in [-0.39, 0.29) is 28.9 Å². The highest BCUT2D eigenvalue weighted by atomic mass is 32.2. The van der Waals surface area contributed by atoms with Crippen molar-refractivity contribution in [2.24, 2.45) is 5.92 Å². The molecule has 1 N–H and O–H groups in total. The Morgan fingerprint density at radius 2 is 1.90 bits per heavy atom. The molecule has 0 aromatic heterocycles. The summed E-state index contributed by atoms with van der Waals surface area (Å²) in [5, 5.41) is 2.81. The topological polar surface area (TPSA) is 49.4 Å². The zero-order chi connectivity index (χ0) is 20.4. The van der Waals surface area contributed by atoms with Crippen LogP contribution in [0.2, 0.25) is 0 Å². The van der Waals surface area contributed by atoms with Crippen LogP contribution in [0.1, 0.15) is 48.6 Å². The molecule has 2 aliphatic rings. The van der Waals surface area contributed by atoms with E-state index < -0.39 is 0 Å². The zero-order valence-corrected chi connectivity index (χ0v) is 17.3. The largest absolute Gasteiger partial charge is 0.326 e. The number of hydrogen-bond donors (Lipinski definition) is 1. The molecule has 6 heteroatoms. The number of carbonyl (C=O) groups is 2. The van der Waals surface area contributed by atoms with Crippen molar-refractivity contribution >= 4 is 35.0 Å². The van der Waals surface area contributed by atoms with Crippen LogP contribution >= 0.6 is 11.8 Å². The molecule has 0 radical (unpaired) electrons. The van der Waals surface area contributed by atoms with E-state index in [0.29, 0.717) is 17.0 Å². The minimum absolute atomic E-state index is 0.0367. The van der Waals surface area contributed by atoms with E-state index >= 15 is 0 Å². The van der Waals surface area contributed by atoms with Gasteiger partial charge in [0.2, 0.25) is 11.8 Å². The number of thioether (sulfide) groups is 1. The fourth-order valence-corrected chi connectivity index (χ4v) is 5.33. The van der Waals surface area contributed by atoms with Crippen LogP contribution in [0.4, 0.5) is 15.8 Å². The maximum atomic E-state index is 14.1. The van der Waals surface area contributed by atoms with Crippen molar-refractivity contribution in [3.8, 4) is 0 Å². The number of nitrogens with one attached hydrogen (secondary N) is 1. The van der Waals surface area contributed by atoms with Crippen LogP contribution in [0.3, 0.4) is 0 Å². The molecule has 29 heavy (non-hydrogen) atoms. The first-order chi connectivity index (χ1) is 14.0. The first kappa shape index (κ1) is 20.0. The number of nitrogens with zero attached hydrogens (tertiary/aromatic N) is 1. The Morgan fingerprint density at radius 1 is 1.14 bits per heavy atom. The highest BCUT2D eigenvalue weighted by Crippen LogP contribution is 2.43. The van der Waals surface area contributed by atoms with Gasteiger partial charge in [0.1, 0.15) is 11.2 Å². The lowest BCUT2D eigenvalue weighted by Crippen LogP contribution is -2.29. The van der Waals surface area contributed by atoms with E-state index in [1.165, 1.54) is 24.2 Å². The molecular formula is C23H25FN2O2S. The fourth-order valence-electron chi connectivity index (χ4n) is 4.17. The van der Waals surface area contributed by atoms with Crippen LogP contribution in [0.25, 0.3) is 0 Å². The summed E-state index contributed by atoms with van der Waals surface area (Å²) in [6.45, 7) is 1.69. The fraction of sp³-hybridized carbons (Fsp3) is 0.391. The third-order valence-electron chi connectivity index (χ3n) is 5.78. The predicted molar refractivity (Wildman–Crippen MR) is 115 cm³/mol. The molecule has 0 bridgehead atoms. The summed E-state index contributed by atoms with van der Waals surface area (Å²) in [5.41, 5.74) is 2.73. The summed E-state index contributed by atoms with van der Waals surface area (Å²) < 4.78 is 14.1. The summed E-state index contributed by atoms with van der Waals surface area (Å²) in [6.07, 6.45) is 5.33. The second-order valence-corrected chi connectivity index (χ2v) is 8.83. The van der Waals surface area contributed by atoms with Crippen LogP contribution in [0, 0.1) is 18.7 Å². The van der Waals surface area contributed by atoms with Gasteiger partial charge in [-0.25, -0.2) is 4.39 Å². The maximum absolute atomic E-state index is 14.1. The Labute approximate surface area is 174 Å². The average Bonchev–Trinajstić information content (AvgIpc) is 3.12.